The minimum atomic E-state index is -3.68. The van der Waals surface area contributed by atoms with Gasteiger partial charge in [-0.2, -0.15) is 0 Å². The van der Waals surface area contributed by atoms with E-state index in [1.165, 1.54) is 6.07 Å². The van der Waals surface area contributed by atoms with Crippen LogP contribution >= 0.6 is 23.2 Å². The van der Waals surface area contributed by atoms with Crippen LogP contribution in [0.25, 0.3) is 0 Å². The Morgan fingerprint density at radius 3 is 2.72 bits per heavy atom. The van der Waals surface area contributed by atoms with Gasteiger partial charge in [-0.1, -0.05) is 23.2 Å². The van der Waals surface area contributed by atoms with Crippen LogP contribution in [-0.2, 0) is 14.8 Å². The predicted octanol–water partition coefficient (Wildman–Crippen LogP) is 0.676. The largest absolute Gasteiger partial charge is 0.394 e. The lowest BCUT2D eigenvalue weighted by Crippen LogP contribution is -2.27. The zero-order valence-corrected chi connectivity index (χ0v) is 11.6. The topological polar surface area (TPSA) is 88.5 Å². The molecular formula is C9H12Cl2N2O4S. The minimum absolute atomic E-state index is 0.0434. The predicted molar refractivity (Wildman–Crippen MR) is 67.4 cm³/mol. The molecule has 18 heavy (non-hydrogen) atoms. The van der Waals surface area contributed by atoms with Crippen molar-refractivity contribution in [2.75, 3.05) is 26.4 Å². The molecule has 0 radical (unpaired) electrons. The van der Waals surface area contributed by atoms with Crippen LogP contribution in [-0.4, -0.2) is 44.9 Å². The van der Waals surface area contributed by atoms with E-state index in [9.17, 15) is 8.42 Å². The van der Waals surface area contributed by atoms with Gasteiger partial charge in [-0.15, -0.1) is 0 Å². The van der Waals surface area contributed by atoms with Crippen LogP contribution in [0.15, 0.2) is 17.2 Å². The summed E-state index contributed by atoms with van der Waals surface area (Å²) in [4.78, 5) is 3.58. The first-order valence-corrected chi connectivity index (χ1v) is 7.20. The van der Waals surface area contributed by atoms with E-state index in [1.807, 2.05) is 0 Å². The van der Waals surface area contributed by atoms with Crippen molar-refractivity contribution in [3.05, 3.63) is 22.4 Å². The number of rotatable bonds is 7. The number of aliphatic hydroxyl groups is 1. The van der Waals surface area contributed by atoms with Crippen LogP contribution in [0.3, 0.4) is 0 Å². The Labute approximate surface area is 115 Å². The molecule has 0 aliphatic rings. The molecule has 0 aliphatic heterocycles. The molecule has 0 amide bonds. The first kappa shape index (κ1) is 15.6. The van der Waals surface area contributed by atoms with E-state index in [2.05, 4.69) is 9.71 Å². The summed E-state index contributed by atoms with van der Waals surface area (Å²) in [5.41, 5.74) is 0. The number of pyridine rings is 1. The first-order valence-electron chi connectivity index (χ1n) is 4.96. The number of sulfonamides is 1. The molecule has 0 bridgehead atoms. The van der Waals surface area contributed by atoms with E-state index in [1.54, 1.807) is 0 Å². The van der Waals surface area contributed by atoms with Crippen molar-refractivity contribution in [3.63, 3.8) is 0 Å². The molecule has 6 nitrogen and oxygen atoms in total. The van der Waals surface area contributed by atoms with E-state index in [0.717, 1.165) is 6.20 Å². The Hall–Kier alpha value is -0.440. The van der Waals surface area contributed by atoms with Crippen LogP contribution in [0, 0.1) is 0 Å². The molecule has 0 aliphatic carbocycles. The highest BCUT2D eigenvalue weighted by atomic mass is 35.5. The third kappa shape index (κ3) is 4.68. The Morgan fingerprint density at radius 2 is 2.11 bits per heavy atom. The molecule has 0 spiro atoms. The van der Waals surface area contributed by atoms with E-state index < -0.39 is 10.0 Å². The van der Waals surface area contributed by atoms with Gasteiger partial charge in [-0.3, -0.25) is 0 Å². The fraction of sp³-hybridized carbons (Fsp3) is 0.444. The van der Waals surface area contributed by atoms with Crippen LogP contribution in [0.1, 0.15) is 0 Å². The summed E-state index contributed by atoms with van der Waals surface area (Å²) in [6.45, 7) is 0.302. The number of aromatic nitrogens is 1. The van der Waals surface area contributed by atoms with Gasteiger partial charge >= 0.3 is 0 Å². The van der Waals surface area contributed by atoms with Crippen molar-refractivity contribution >= 4 is 33.2 Å². The molecule has 0 unspecified atom stereocenters. The summed E-state index contributed by atoms with van der Waals surface area (Å²) in [7, 11) is -3.68. The summed E-state index contributed by atoms with van der Waals surface area (Å²) in [6, 6.07) is 1.22. The molecule has 0 fully saturated rings. The van der Waals surface area contributed by atoms with Gasteiger partial charge in [0.05, 0.1) is 24.8 Å². The van der Waals surface area contributed by atoms with E-state index in [4.69, 9.17) is 33.0 Å². The third-order valence-corrected chi connectivity index (χ3v) is 3.97. The number of hydrogen-bond acceptors (Lipinski definition) is 5. The van der Waals surface area contributed by atoms with E-state index in [-0.39, 0.29) is 41.4 Å². The standard InChI is InChI=1S/C9H12Cl2N2O4S/c10-8-5-7(6-12-9(8)11)18(15,16)13-1-3-17-4-2-14/h5-6,13-14H,1-4H2. The Bertz CT molecular complexity index is 495. The fourth-order valence-electron chi connectivity index (χ4n) is 1.05. The summed E-state index contributed by atoms with van der Waals surface area (Å²) in [6.07, 6.45) is 1.12. The van der Waals surface area contributed by atoms with Gasteiger partial charge in [0.1, 0.15) is 10.0 Å². The SMILES string of the molecule is O=S(=O)(NCCOCCO)c1cnc(Cl)c(Cl)c1. The number of aliphatic hydroxyl groups excluding tert-OH is 1. The molecule has 1 aromatic heterocycles. The normalized spacial score (nSPS) is 11.7. The average molecular weight is 315 g/mol. The first-order chi connectivity index (χ1) is 8.47. The molecule has 102 valence electrons. The monoisotopic (exact) mass is 314 g/mol. The van der Waals surface area contributed by atoms with Gasteiger partial charge in [0.2, 0.25) is 10.0 Å². The number of hydrogen-bond donors (Lipinski definition) is 2. The van der Waals surface area contributed by atoms with Gasteiger partial charge in [-0.05, 0) is 6.07 Å². The molecule has 9 heteroatoms. The Kier molecular flexibility index (Phi) is 6.27. The second-order valence-corrected chi connectivity index (χ2v) is 5.71. The van der Waals surface area contributed by atoms with Crippen LogP contribution < -0.4 is 4.72 Å². The summed E-state index contributed by atoms with van der Waals surface area (Å²) in [5, 5.41) is 8.57. The van der Waals surface area contributed by atoms with Crippen LogP contribution in [0.5, 0.6) is 0 Å². The Morgan fingerprint density at radius 1 is 1.39 bits per heavy atom. The molecular weight excluding hydrogens is 303 g/mol. The molecule has 1 rings (SSSR count). The second-order valence-electron chi connectivity index (χ2n) is 3.18. The molecule has 2 N–H and O–H groups in total. The molecule has 0 saturated carbocycles. The lowest BCUT2D eigenvalue weighted by Gasteiger charge is -2.07. The number of ether oxygens (including phenoxy) is 1. The molecule has 1 aromatic rings. The zero-order chi connectivity index (χ0) is 13.6. The van der Waals surface area contributed by atoms with Crippen molar-refractivity contribution < 1.29 is 18.3 Å². The van der Waals surface area contributed by atoms with E-state index >= 15 is 0 Å². The van der Waals surface area contributed by atoms with Crippen LogP contribution in [0.2, 0.25) is 10.2 Å². The number of nitrogens with one attached hydrogen (secondary N) is 1. The Balaban J connectivity index is 2.60. The zero-order valence-electron chi connectivity index (χ0n) is 9.27. The second kappa shape index (κ2) is 7.22. The van der Waals surface area contributed by atoms with Gasteiger partial charge in [0.15, 0.2) is 0 Å². The highest BCUT2D eigenvalue weighted by Crippen LogP contribution is 2.21. The maximum absolute atomic E-state index is 11.8. The molecule has 0 atom stereocenters. The fourth-order valence-corrected chi connectivity index (χ4v) is 2.37. The number of halogens is 2. The molecule has 1 heterocycles. The van der Waals surface area contributed by atoms with Crippen molar-refractivity contribution in [3.8, 4) is 0 Å². The highest BCUT2D eigenvalue weighted by molar-refractivity contribution is 7.89. The molecule has 0 aromatic carbocycles. The maximum Gasteiger partial charge on any atom is 0.242 e. The highest BCUT2D eigenvalue weighted by Gasteiger charge is 2.15. The summed E-state index contributed by atoms with van der Waals surface area (Å²) >= 11 is 11.3. The summed E-state index contributed by atoms with van der Waals surface area (Å²) < 4.78 is 30.8. The third-order valence-electron chi connectivity index (χ3n) is 1.86. The quantitative estimate of drug-likeness (QED) is 0.570. The average Bonchev–Trinajstić information content (AvgIpc) is 2.32. The van der Waals surface area contributed by atoms with Gasteiger partial charge in [-0.25, -0.2) is 18.1 Å². The maximum atomic E-state index is 11.8. The van der Waals surface area contributed by atoms with Crippen molar-refractivity contribution in [2.45, 2.75) is 4.90 Å². The molecule has 0 saturated heterocycles. The number of nitrogens with zero attached hydrogens (tertiary/aromatic N) is 1. The van der Waals surface area contributed by atoms with Gasteiger partial charge in [0.25, 0.3) is 0 Å². The summed E-state index contributed by atoms with van der Waals surface area (Å²) in [5.74, 6) is 0. The lowest BCUT2D eigenvalue weighted by molar-refractivity contribution is 0.0961. The minimum Gasteiger partial charge on any atom is -0.394 e. The van der Waals surface area contributed by atoms with Crippen molar-refractivity contribution in [2.24, 2.45) is 0 Å². The smallest absolute Gasteiger partial charge is 0.242 e. The van der Waals surface area contributed by atoms with Gasteiger partial charge < -0.3 is 9.84 Å². The van der Waals surface area contributed by atoms with Crippen LogP contribution in [0.4, 0.5) is 0 Å². The van der Waals surface area contributed by atoms with Gasteiger partial charge in [0, 0.05) is 12.7 Å². The van der Waals surface area contributed by atoms with E-state index in [0.29, 0.717) is 0 Å². The lowest BCUT2D eigenvalue weighted by atomic mass is 10.5. The van der Waals surface area contributed by atoms with Crippen molar-refractivity contribution in [1.82, 2.24) is 9.71 Å². The van der Waals surface area contributed by atoms with Crippen molar-refractivity contribution in [1.29, 1.82) is 0 Å².